The van der Waals surface area contributed by atoms with E-state index in [0.717, 1.165) is 57.1 Å². The van der Waals surface area contributed by atoms with Gasteiger partial charge in [-0.25, -0.2) is 4.39 Å². The first-order valence-electron chi connectivity index (χ1n) is 13.9. The Morgan fingerprint density at radius 2 is 1.92 bits per heavy atom. The number of thioether (sulfide) groups is 1. The van der Waals surface area contributed by atoms with Crippen LogP contribution in [0.15, 0.2) is 72.2 Å². The van der Waals surface area contributed by atoms with E-state index >= 15 is 0 Å². The number of allylic oxidation sites excluding steroid dienone is 6. The van der Waals surface area contributed by atoms with Crippen LogP contribution in [0.1, 0.15) is 84.9 Å². The second-order valence-electron chi connectivity index (χ2n) is 9.74. The highest BCUT2D eigenvalue weighted by atomic mass is 127. The van der Waals surface area contributed by atoms with Gasteiger partial charge in [-0.3, -0.25) is 4.99 Å². The predicted octanol–water partition coefficient (Wildman–Crippen LogP) is 10.6. The number of halogens is 2. The summed E-state index contributed by atoms with van der Waals surface area (Å²) in [7, 11) is 0. The van der Waals surface area contributed by atoms with Crippen LogP contribution < -0.4 is 0 Å². The highest BCUT2D eigenvalue weighted by Crippen LogP contribution is 2.34. The summed E-state index contributed by atoms with van der Waals surface area (Å²) in [5.41, 5.74) is 5.86. The summed E-state index contributed by atoms with van der Waals surface area (Å²) < 4.78 is 26.6. The molecule has 0 N–H and O–H groups in total. The Bertz CT molecular complexity index is 1150. The van der Waals surface area contributed by atoms with Crippen molar-refractivity contribution in [1.82, 2.24) is 5.16 Å². The maximum absolute atomic E-state index is 14.3. The fourth-order valence-corrected chi connectivity index (χ4v) is 6.31. The smallest absolute Gasteiger partial charge is 0.171 e. The SMILES string of the molecule is CC=N/C(C)=C(C(\I)=C(/C)CC)/C(F)=C\CCC.Cc1noc(-c2ccccc2)c1CSCC1CCC(C)O1. The number of ether oxygens (including phenoxy) is 1. The van der Waals surface area contributed by atoms with E-state index in [1.54, 1.807) is 12.3 Å². The van der Waals surface area contributed by atoms with Gasteiger partial charge in [0.2, 0.25) is 0 Å². The van der Waals surface area contributed by atoms with Crippen LogP contribution in [0, 0.1) is 6.92 Å². The minimum atomic E-state index is -0.155. The molecule has 1 aliphatic rings. The summed E-state index contributed by atoms with van der Waals surface area (Å²) >= 11 is 4.13. The average molecular weight is 667 g/mol. The van der Waals surface area contributed by atoms with Gasteiger partial charge in [0.15, 0.2) is 5.76 Å². The van der Waals surface area contributed by atoms with Gasteiger partial charge < -0.3 is 9.26 Å². The van der Waals surface area contributed by atoms with Gasteiger partial charge in [0.25, 0.3) is 0 Å². The number of aromatic nitrogens is 1. The number of aliphatic imine (C=N–C) groups is 1. The van der Waals surface area contributed by atoms with Crippen molar-refractivity contribution in [3.05, 3.63) is 73.9 Å². The molecule has 1 fully saturated rings. The molecule has 3 rings (SSSR count). The molecule has 2 heterocycles. The second kappa shape index (κ2) is 17.9. The minimum absolute atomic E-state index is 0.155. The third-order valence-corrected chi connectivity index (χ3v) is 9.11. The minimum Gasteiger partial charge on any atom is -0.374 e. The number of aryl methyl sites for hydroxylation is 1. The van der Waals surface area contributed by atoms with Gasteiger partial charge in [0, 0.05) is 43.7 Å². The van der Waals surface area contributed by atoms with E-state index < -0.39 is 0 Å². The first-order valence-corrected chi connectivity index (χ1v) is 16.1. The first kappa shape index (κ1) is 33.5. The van der Waals surface area contributed by atoms with Crippen molar-refractivity contribution in [2.24, 2.45) is 4.99 Å². The van der Waals surface area contributed by atoms with Crippen LogP contribution in [0.25, 0.3) is 11.3 Å². The molecule has 39 heavy (non-hydrogen) atoms. The fourth-order valence-electron chi connectivity index (χ4n) is 4.11. The molecule has 1 aromatic heterocycles. The van der Waals surface area contributed by atoms with E-state index in [9.17, 15) is 4.39 Å². The van der Waals surface area contributed by atoms with Gasteiger partial charge in [-0.1, -0.05) is 61.3 Å². The van der Waals surface area contributed by atoms with Crippen molar-refractivity contribution in [1.29, 1.82) is 0 Å². The molecule has 4 nitrogen and oxygen atoms in total. The standard InChI is InChI=1S/C17H21NO2S.C15H23FIN/c1-12-8-9-15(19-12)10-21-11-16-13(2)18-20-17(16)14-6-4-3-5-7-14;1-6-9-10-13(16)14(12(5)18-8-3)15(17)11(4)7-2/h3-7,12,15H,8-11H2,1-2H3;8,10H,6-7,9H2,1-5H3/b;13-10+,14-12-,15-11-,18-8?. The molecular formula is C32H44FIN2O2S. The Hall–Kier alpha value is -1.71. The summed E-state index contributed by atoms with van der Waals surface area (Å²) in [5.74, 6) is 2.72. The van der Waals surface area contributed by atoms with Crippen LogP contribution >= 0.6 is 34.4 Å². The zero-order chi connectivity index (χ0) is 28.8. The van der Waals surface area contributed by atoms with E-state index in [2.05, 4.69) is 58.7 Å². The Morgan fingerprint density at radius 3 is 2.51 bits per heavy atom. The third-order valence-electron chi connectivity index (χ3n) is 6.55. The molecule has 0 spiro atoms. The van der Waals surface area contributed by atoms with Crippen molar-refractivity contribution < 1.29 is 13.7 Å². The van der Waals surface area contributed by atoms with E-state index in [1.807, 2.05) is 64.6 Å². The van der Waals surface area contributed by atoms with Crippen LogP contribution in [0.3, 0.4) is 0 Å². The molecule has 214 valence electrons. The summed E-state index contributed by atoms with van der Waals surface area (Å²) in [6.07, 6.45) is 9.19. The lowest BCUT2D eigenvalue weighted by Gasteiger charge is -2.10. The predicted molar refractivity (Wildman–Crippen MR) is 174 cm³/mol. The van der Waals surface area contributed by atoms with Gasteiger partial charge in [-0.05, 0) is 89.0 Å². The number of hydrogen-bond donors (Lipinski definition) is 0. The molecule has 0 amide bonds. The molecule has 0 aliphatic carbocycles. The van der Waals surface area contributed by atoms with E-state index in [0.29, 0.717) is 17.8 Å². The van der Waals surface area contributed by atoms with Crippen molar-refractivity contribution in [3.63, 3.8) is 0 Å². The largest absolute Gasteiger partial charge is 0.374 e. The van der Waals surface area contributed by atoms with Crippen molar-refractivity contribution in [3.8, 4) is 11.3 Å². The average Bonchev–Trinajstić information content (AvgIpc) is 3.52. The zero-order valence-corrected chi connectivity index (χ0v) is 27.5. The Morgan fingerprint density at radius 1 is 1.21 bits per heavy atom. The molecule has 7 heteroatoms. The number of nitrogens with zero attached hydrogens (tertiary/aromatic N) is 2. The van der Waals surface area contributed by atoms with Gasteiger partial charge in [-0.2, -0.15) is 11.8 Å². The Kier molecular flexibility index (Phi) is 15.3. The number of benzene rings is 1. The first-order chi connectivity index (χ1) is 18.7. The summed E-state index contributed by atoms with van der Waals surface area (Å²) in [4.78, 5) is 4.23. The van der Waals surface area contributed by atoms with Crippen molar-refractivity contribution >= 4 is 40.6 Å². The topological polar surface area (TPSA) is 47.6 Å². The Labute approximate surface area is 252 Å². The molecule has 0 radical (unpaired) electrons. The molecule has 1 saturated heterocycles. The molecule has 1 aliphatic heterocycles. The molecule has 0 bridgehead atoms. The highest BCUT2D eigenvalue weighted by molar-refractivity contribution is 14.1. The lowest BCUT2D eigenvalue weighted by molar-refractivity contribution is 0.0700. The summed E-state index contributed by atoms with van der Waals surface area (Å²) in [6.45, 7) is 14.0. The highest BCUT2D eigenvalue weighted by Gasteiger charge is 2.22. The molecular weight excluding hydrogens is 622 g/mol. The van der Waals surface area contributed by atoms with Gasteiger partial charge >= 0.3 is 0 Å². The number of hydrogen-bond acceptors (Lipinski definition) is 5. The molecule has 2 unspecified atom stereocenters. The lowest BCUT2D eigenvalue weighted by Crippen LogP contribution is -2.11. The van der Waals surface area contributed by atoms with Crippen molar-refractivity contribution in [2.75, 3.05) is 5.75 Å². The second-order valence-corrected chi connectivity index (χ2v) is 11.8. The molecule has 2 aromatic rings. The molecule has 2 atom stereocenters. The number of unbranched alkanes of at least 4 members (excludes halogenated alkanes) is 1. The Balaban J connectivity index is 0.000000278. The maximum atomic E-state index is 14.3. The zero-order valence-electron chi connectivity index (χ0n) is 24.5. The van der Waals surface area contributed by atoms with Crippen LogP contribution in [-0.2, 0) is 10.5 Å². The van der Waals surface area contributed by atoms with Crippen molar-refractivity contribution in [2.45, 2.75) is 98.5 Å². The fraction of sp³-hybridized carbons (Fsp3) is 0.500. The van der Waals surface area contributed by atoms with E-state index in [4.69, 9.17) is 9.26 Å². The molecule has 1 aromatic carbocycles. The van der Waals surface area contributed by atoms with E-state index in [1.165, 1.54) is 24.0 Å². The number of rotatable bonds is 11. The van der Waals surface area contributed by atoms with Crippen LogP contribution in [0.4, 0.5) is 4.39 Å². The monoisotopic (exact) mass is 666 g/mol. The maximum Gasteiger partial charge on any atom is 0.171 e. The van der Waals surface area contributed by atoms with Crippen LogP contribution in [0.2, 0.25) is 0 Å². The molecule has 0 saturated carbocycles. The normalized spacial score (nSPS) is 19.1. The summed E-state index contributed by atoms with van der Waals surface area (Å²) in [5, 5.41) is 4.14. The van der Waals surface area contributed by atoms with Gasteiger partial charge in [0.05, 0.1) is 17.9 Å². The quantitative estimate of drug-likeness (QED) is 0.136. The van der Waals surface area contributed by atoms with Gasteiger partial charge in [0.1, 0.15) is 5.83 Å². The summed E-state index contributed by atoms with van der Waals surface area (Å²) in [6, 6.07) is 10.2. The van der Waals surface area contributed by atoms with E-state index in [-0.39, 0.29) is 5.83 Å². The lowest BCUT2D eigenvalue weighted by atomic mass is 10.1. The third kappa shape index (κ3) is 10.7. The van der Waals surface area contributed by atoms with Crippen LogP contribution in [0.5, 0.6) is 0 Å². The van der Waals surface area contributed by atoms with Crippen LogP contribution in [-0.4, -0.2) is 29.3 Å². The van der Waals surface area contributed by atoms with Gasteiger partial charge in [-0.15, -0.1) is 0 Å².